The third-order valence-electron chi connectivity index (χ3n) is 4.78. The highest BCUT2D eigenvalue weighted by Crippen LogP contribution is 2.70. The van der Waals surface area contributed by atoms with Gasteiger partial charge < -0.3 is 5.73 Å². The van der Waals surface area contributed by atoms with E-state index < -0.39 is 0 Å². The van der Waals surface area contributed by atoms with Crippen LogP contribution in [-0.4, -0.2) is 6.04 Å². The molecule has 11 heavy (non-hydrogen) atoms. The van der Waals surface area contributed by atoms with Gasteiger partial charge in [-0.1, -0.05) is 13.8 Å². The Bertz CT molecular complexity index is 199. The van der Waals surface area contributed by atoms with Gasteiger partial charge in [0.25, 0.3) is 0 Å². The van der Waals surface area contributed by atoms with Gasteiger partial charge in [-0.25, -0.2) is 0 Å². The monoisotopic (exact) mass is 151 g/mol. The minimum absolute atomic E-state index is 0.572. The standard InChI is InChI=1S/C10H17N/c1-4-6-3-7(11)10(6)9-5(2)8(4)9/h4-10H,3,11H2,1-2H3/t4?,5?,6?,7?,8?,9?,10-/m0/s1. The van der Waals surface area contributed by atoms with Gasteiger partial charge >= 0.3 is 0 Å². The van der Waals surface area contributed by atoms with E-state index in [-0.39, 0.29) is 0 Å². The summed E-state index contributed by atoms with van der Waals surface area (Å²) in [6.45, 7) is 4.85. The van der Waals surface area contributed by atoms with Crippen LogP contribution in [-0.2, 0) is 0 Å². The van der Waals surface area contributed by atoms with E-state index in [1.165, 1.54) is 6.42 Å². The average Bonchev–Trinajstić information content (AvgIpc) is 2.47. The summed E-state index contributed by atoms with van der Waals surface area (Å²) in [7, 11) is 0. The molecule has 0 aliphatic heterocycles. The fourth-order valence-electron chi connectivity index (χ4n) is 4.13. The van der Waals surface area contributed by atoms with Crippen LogP contribution in [0.3, 0.4) is 0 Å². The first-order chi connectivity index (χ1) is 5.22. The molecule has 0 spiro atoms. The van der Waals surface area contributed by atoms with Crippen LogP contribution < -0.4 is 5.73 Å². The summed E-state index contributed by atoms with van der Waals surface area (Å²) in [5.74, 6) is 6.08. The largest absolute Gasteiger partial charge is 0.327 e. The van der Waals surface area contributed by atoms with Crippen LogP contribution >= 0.6 is 0 Å². The van der Waals surface area contributed by atoms with Crippen molar-refractivity contribution in [1.82, 2.24) is 0 Å². The van der Waals surface area contributed by atoms with Crippen molar-refractivity contribution in [3.05, 3.63) is 0 Å². The predicted octanol–water partition coefficient (Wildman–Crippen LogP) is 1.48. The maximum Gasteiger partial charge on any atom is 0.00756 e. The number of rotatable bonds is 0. The molecule has 62 valence electrons. The van der Waals surface area contributed by atoms with Crippen LogP contribution in [0.2, 0.25) is 0 Å². The van der Waals surface area contributed by atoms with Crippen molar-refractivity contribution in [2.24, 2.45) is 41.2 Å². The second kappa shape index (κ2) is 1.66. The van der Waals surface area contributed by atoms with Gasteiger partial charge in [0, 0.05) is 6.04 Å². The van der Waals surface area contributed by atoms with Crippen LogP contribution in [0.4, 0.5) is 0 Å². The van der Waals surface area contributed by atoms with Crippen molar-refractivity contribution in [2.75, 3.05) is 0 Å². The normalized spacial score (nSPS) is 71.7. The van der Waals surface area contributed by atoms with E-state index in [2.05, 4.69) is 13.8 Å². The fourth-order valence-corrected chi connectivity index (χ4v) is 4.13. The van der Waals surface area contributed by atoms with Crippen LogP contribution in [0.25, 0.3) is 0 Å². The van der Waals surface area contributed by atoms with Crippen molar-refractivity contribution in [3.8, 4) is 0 Å². The molecule has 3 aliphatic rings. The Balaban J connectivity index is 1.87. The predicted molar refractivity (Wildman–Crippen MR) is 44.9 cm³/mol. The molecular weight excluding hydrogens is 134 g/mol. The summed E-state index contributed by atoms with van der Waals surface area (Å²) in [6, 6.07) is 0.572. The van der Waals surface area contributed by atoms with Gasteiger partial charge in [0.15, 0.2) is 0 Å². The number of hydrogen-bond acceptors (Lipinski definition) is 1. The third kappa shape index (κ3) is 0.547. The lowest BCUT2D eigenvalue weighted by atomic mass is 9.65. The minimum atomic E-state index is 0.572. The van der Waals surface area contributed by atoms with E-state index in [1.54, 1.807) is 0 Å². The van der Waals surface area contributed by atoms with E-state index in [4.69, 9.17) is 5.73 Å². The summed E-state index contributed by atoms with van der Waals surface area (Å²) in [5.41, 5.74) is 6.01. The van der Waals surface area contributed by atoms with Crippen molar-refractivity contribution >= 4 is 0 Å². The van der Waals surface area contributed by atoms with Crippen molar-refractivity contribution in [3.63, 3.8) is 0 Å². The fraction of sp³-hybridized carbons (Fsp3) is 1.00. The number of fused-ring (bicyclic) bond motifs is 3. The quantitative estimate of drug-likeness (QED) is 0.557. The topological polar surface area (TPSA) is 26.0 Å². The molecule has 1 heteroatoms. The molecule has 0 aromatic rings. The first kappa shape index (κ1) is 6.47. The van der Waals surface area contributed by atoms with Gasteiger partial charge in [0.1, 0.15) is 0 Å². The highest BCUT2D eigenvalue weighted by Gasteiger charge is 2.67. The van der Waals surface area contributed by atoms with Crippen LogP contribution in [0.15, 0.2) is 0 Å². The van der Waals surface area contributed by atoms with Gasteiger partial charge in [-0.3, -0.25) is 0 Å². The molecule has 3 rings (SSSR count). The zero-order valence-electron chi connectivity index (χ0n) is 7.33. The van der Waals surface area contributed by atoms with Crippen LogP contribution in [0.1, 0.15) is 20.3 Å². The van der Waals surface area contributed by atoms with Crippen molar-refractivity contribution < 1.29 is 0 Å². The van der Waals surface area contributed by atoms with Crippen LogP contribution in [0, 0.1) is 35.5 Å². The van der Waals surface area contributed by atoms with Crippen molar-refractivity contribution in [1.29, 1.82) is 0 Å². The summed E-state index contributed by atoms with van der Waals surface area (Å²) in [4.78, 5) is 0. The molecular formula is C10H17N. The van der Waals surface area contributed by atoms with E-state index in [9.17, 15) is 0 Å². The third-order valence-corrected chi connectivity index (χ3v) is 4.78. The number of nitrogens with two attached hydrogens (primary N) is 1. The van der Waals surface area contributed by atoms with E-state index in [0.717, 1.165) is 35.5 Å². The lowest BCUT2D eigenvalue weighted by molar-refractivity contribution is 0.0951. The first-order valence-corrected chi connectivity index (χ1v) is 4.97. The molecule has 0 heterocycles. The molecule has 7 atom stereocenters. The molecule has 2 N–H and O–H groups in total. The van der Waals surface area contributed by atoms with Gasteiger partial charge in [-0.05, 0) is 41.9 Å². The maximum absolute atomic E-state index is 6.01. The molecule has 3 fully saturated rings. The molecule has 1 nitrogen and oxygen atoms in total. The van der Waals surface area contributed by atoms with Crippen LogP contribution in [0.5, 0.6) is 0 Å². The summed E-state index contributed by atoms with van der Waals surface area (Å²) < 4.78 is 0. The van der Waals surface area contributed by atoms with Gasteiger partial charge in [-0.2, -0.15) is 0 Å². The molecule has 0 amide bonds. The second-order valence-electron chi connectivity index (χ2n) is 5.01. The highest BCUT2D eigenvalue weighted by atomic mass is 14.8. The Kier molecular flexibility index (Phi) is 0.976. The van der Waals surface area contributed by atoms with E-state index in [1.807, 2.05) is 0 Å². The molecule has 0 bridgehead atoms. The van der Waals surface area contributed by atoms with Gasteiger partial charge in [0.05, 0.1) is 0 Å². The molecule has 0 aromatic heterocycles. The van der Waals surface area contributed by atoms with E-state index >= 15 is 0 Å². The highest BCUT2D eigenvalue weighted by molar-refractivity contribution is 5.17. The van der Waals surface area contributed by atoms with Crippen molar-refractivity contribution in [2.45, 2.75) is 26.3 Å². The Morgan fingerprint density at radius 1 is 1.00 bits per heavy atom. The minimum Gasteiger partial charge on any atom is -0.327 e. The molecule has 0 saturated heterocycles. The Hall–Kier alpha value is -0.0400. The Morgan fingerprint density at radius 3 is 2.27 bits per heavy atom. The Labute approximate surface area is 68.3 Å². The lowest BCUT2D eigenvalue weighted by Crippen LogP contribution is -2.48. The summed E-state index contributed by atoms with van der Waals surface area (Å²) in [5, 5.41) is 0. The molecule has 3 aliphatic carbocycles. The smallest absolute Gasteiger partial charge is 0.00756 e. The van der Waals surface area contributed by atoms with Gasteiger partial charge in [-0.15, -0.1) is 0 Å². The summed E-state index contributed by atoms with van der Waals surface area (Å²) in [6.07, 6.45) is 1.32. The molecule has 0 aromatic carbocycles. The SMILES string of the molecule is CC1C2C(C)C2[C@@H]2C(N)CC12. The second-order valence-corrected chi connectivity index (χ2v) is 5.01. The molecule has 3 saturated carbocycles. The molecule has 6 unspecified atom stereocenters. The zero-order valence-corrected chi connectivity index (χ0v) is 7.33. The summed E-state index contributed by atoms with van der Waals surface area (Å²) >= 11 is 0. The number of hydrogen-bond donors (Lipinski definition) is 1. The zero-order chi connectivity index (χ0) is 7.75. The maximum atomic E-state index is 6.01. The molecule has 0 radical (unpaired) electrons. The Morgan fingerprint density at radius 2 is 1.73 bits per heavy atom. The van der Waals surface area contributed by atoms with E-state index in [0.29, 0.717) is 6.04 Å². The lowest BCUT2D eigenvalue weighted by Gasteiger charge is -2.43. The van der Waals surface area contributed by atoms with Gasteiger partial charge in [0.2, 0.25) is 0 Å². The average molecular weight is 151 g/mol. The first-order valence-electron chi connectivity index (χ1n) is 4.97.